The van der Waals surface area contributed by atoms with Gasteiger partial charge in [0.05, 0.1) is 4.92 Å². The number of halogens is 1. The monoisotopic (exact) mass is 377 g/mol. The molecule has 26 heavy (non-hydrogen) atoms. The Labute approximate surface area is 156 Å². The van der Waals surface area contributed by atoms with Crippen molar-refractivity contribution in [3.8, 4) is 5.75 Å². The number of para-hydroxylation sites is 1. The van der Waals surface area contributed by atoms with Gasteiger partial charge in [-0.15, -0.1) is 0 Å². The van der Waals surface area contributed by atoms with Gasteiger partial charge in [0.1, 0.15) is 10.8 Å². The SMILES string of the molecule is CC(NC(=O)Nc1ccc(Cl)c([N+](=O)[O-])c1)Oc1ccccc1C(C)C. The van der Waals surface area contributed by atoms with E-state index in [9.17, 15) is 14.9 Å². The quantitative estimate of drug-likeness (QED) is 0.424. The normalized spacial score (nSPS) is 11.7. The highest BCUT2D eigenvalue weighted by molar-refractivity contribution is 6.32. The number of carbonyl (C=O) groups excluding carboxylic acids is 1. The number of nitrogens with one attached hydrogen (secondary N) is 2. The van der Waals surface area contributed by atoms with Gasteiger partial charge < -0.3 is 15.4 Å². The number of nitro benzene ring substituents is 1. The van der Waals surface area contributed by atoms with Gasteiger partial charge >= 0.3 is 6.03 Å². The summed E-state index contributed by atoms with van der Waals surface area (Å²) < 4.78 is 5.79. The van der Waals surface area contributed by atoms with Crippen LogP contribution in [-0.4, -0.2) is 17.2 Å². The minimum absolute atomic E-state index is 0.00273. The van der Waals surface area contributed by atoms with E-state index in [2.05, 4.69) is 24.5 Å². The van der Waals surface area contributed by atoms with Crippen LogP contribution in [0.2, 0.25) is 5.02 Å². The molecule has 0 aromatic heterocycles. The first kappa shape index (κ1) is 19.5. The highest BCUT2D eigenvalue weighted by atomic mass is 35.5. The fourth-order valence-corrected chi connectivity index (χ4v) is 2.55. The molecule has 0 radical (unpaired) electrons. The summed E-state index contributed by atoms with van der Waals surface area (Å²) in [6.07, 6.45) is -0.600. The van der Waals surface area contributed by atoms with E-state index in [1.807, 2.05) is 24.3 Å². The highest BCUT2D eigenvalue weighted by Gasteiger charge is 2.16. The Morgan fingerprint density at radius 1 is 1.19 bits per heavy atom. The molecule has 0 fully saturated rings. The number of nitrogens with zero attached hydrogens (tertiary/aromatic N) is 1. The van der Waals surface area contributed by atoms with E-state index < -0.39 is 17.2 Å². The molecule has 0 saturated heterocycles. The molecule has 1 unspecified atom stereocenters. The molecule has 8 heteroatoms. The summed E-state index contributed by atoms with van der Waals surface area (Å²) in [6.45, 7) is 5.81. The van der Waals surface area contributed by atoms with Gasteiger partial charge in [-0.25, -0.2) is 4.79 Å². The summed E-state index contributed by atoms with van der Waals surface area (Å²) in [4.78, 5) is 22.4. The molecule has 0 spiro atoms. The van der Waals surface area contributed by atoms with Crippen LogP contribution in [0.4, 0.5) is 16.2 Å². The predicted molar refractivity (Wildman–Crippen MR) is 101 cm³/mol. The van der Waals surface area contributed by atoms with Gasteiger partial charge in [-0.05, 0) is 36.6 Å². The minimum atomic E-state index is -0.611. The second-order valence-electron chi connectivity index (χ2n) is 5.97. The van der Waals surface area contributed by atoms with E-state index in [4.69, 9.17) is 16.3 Å². The summed E-state index contributed by atoms with van der Waals surface area (Å²) in [5.74, 6) is 0.972. The number of carbonyl (C=O) groups is 1. The highest BCUT2D eigenvalue weighted by Crippen LogP contribution is 2.28. The zero-order valence-corrected chi connectivity index (χ0v) is 15.4. The molecule has 1 atom stereocenters. The van der Waals surface area contributed by atoms with Crippen molar-refractivity contribution in [3.05, 3.63) is 63.2 Å². The van der Waals surface area contributed by atoms with Crippen molar-refractivity contribution < 1.29 is 14.5 Å². The van der Waals surface area contributed by atoms with E-state index in [1.54, 1.807) is 6.92 Å². The van der Waals surface area contributed by atoms with Crippen LogP contribution < -0.4 is 15.4 Å². The first-order valence-electron chi connectivity index (χ1n) is 8.05. The van der Waals surface area contributed by atoms with Gasteiger partial charge in [-0.2, -0.15) is 0 Å². The lowest BCUT2D eigenvalue weighted by Gasteiger charge is -2.20. The van der Waals surface area contributed by atoms with Crippen molar-refractivity contribution >= 4 is 29.0 Å². The number of ether oxygens (including phenoxy) is 1. The molecule has 2 aromatic carbocycles. The van der Waals surface area contributed by atoms with Gasteiger partial charge in [0.15, 0.2) is 6.23 Å². The third kappa shape index (κ3) is 5.10. The van der Waals surface area contributed by atoms with Gasteiger partial charge in [-0.1, -0.05) is 43.6 Å². The molecule has 2 aromatic rings. The van der Waals surface area contributed by atoms with E-state index in [1.165, 1.54) is 18.2 Å². The van der Waals surface area contributed by atoms with Crippen molar-refractivity contribution in [1.29, 1.82) is 0 Å². The van der Waals surface area contributed by atoms with Crippen molar-refractivity contribution in [2.45, 2.75) is 32.9 Å². The number of nitro groups is 1. The van der Waals surface area contributed by atoms with Crippen molar-refractivity contribution in [1.82, 2.24) is 5.32 Å². The van der Waals surface area contributed by atoms with E-state index in [-0.39, 0.29) is 22.3 Å². The van der Waals surface area contributed by atoms with Crippen molar-refractivity contribution in [2.75, 3.05) is 5.32 Å². The Morgan fingerprint density at radius 3 is 2.54 bits per heavy atom. The van der Waals surface area contributed by atoms with Crippen LogP contribution in [0.1, 0.15) is 32.3 Å². The zero-order chi connectivity index (χ0) is 19.3. The summed E-state index contributed by atoms with van der Waals surface area (Å²) in [7, 11) is 0. The fraction of sp³-hybridized carbons (Fsp3) is 0.278. The summed E-state index contributed by atoms with van der Waals surface area (Å²) in [5, 5.41) is 16.1. The molecule has 2 amide bonds. The predicted octanol–water partition coefficient (Wildman–Crippen LogP) is 4.92. The second-order valence-corrected chi connectivity index (χ2v) is 6.38. The number of rotatable bonds is 6. The van der Waals surface area contributed by atoms with Crippen LogP contribution in [0.3, 0.4) is 0 Å². The molecule has 0 saturated carbocycles. The lowest BCUT2D eigenvalue weighted by atomic mass is 10.0. The van der Waals surface area contributed by atoms with Crippen LogP contribution in [0.25, 0.3) is 0 Å². The van der Waals surface area contributed by atoms with Crippen molar-refractivity contribution in [3.63, 3.8) is 0 Å². The molecule has 2 N–H and O–H groups in total. The first-order chi connectivity index (χ1) is 12.3. The van der Waals surface area contributed by atoms with Crippen molar-refractivity contribution in [2.24, 2.45) is 0 Å². The summed E-state index contributed by atoms with van der Waals surface area (Å²) >= 11 is 5.75. The maximum atomic E-state index is 12.1. The largest absolute Gasteiger partial charge is 0.471 e. The van der Waals surface area contributed by atoms with Gasteiger partial charge in [-0.3, -0.25) is 10.1 Å². The first-order valence-corrected chi connectivity index (χ1v) is 8.42. The molecule has 2 rings (SSSR count). The average Bonchev–Trinajstić information content (AvgIpc) is 2.56. The fourth-order valence-electron chi connectivity index (χ4n) is 2.37. The third-order valence-corrected chi connectivity index (χ3v) is 3.90. The second kappa shape index (κ2) is 8.53. The average molecular weight is 378 g/mol. The molecule has 0 heterocycles. The molecular weight excluding hydrogens is 358 g/mol. The van der Waals surface area contributed by atoms with Crippen LogP contribution in [0, 0.1) is 10.1 Å². The molecule has 138 valence electrons. The van der Waals surface area contributed by atoms with E-state index >= 15 is 0 Å². The van der Waals surface area contributed by atoms with Crippen LogP contribution in [0.5, 0.6) is 5.75 Å². The summed E-state index contributed by atoms with van der Waals surface area (Å²) in [6, 6.07) is 11.1. The zero-order valence-electron chi connectivity index (χ0n) is 14.7. The molecule has 7 nitrogen and oxygen atoms in total. The lowest BCUT2D eigenvalue weighted by molar-refractivity contribution is -0.384. The minimum Gasteiger partial charge on any atom is -0.471 e. The number of hydrogen-bond acceptors (Lipinski definition) is 4. The smallest absolute Gasteiger partial charge is 0.322 e. The molecular formula is C18H20ClN3O4. The third-order valence-electron chi connectivity index (χ3n) is 3.58. The molecule has 0 aliphatic carbocycles. The number of anilines is 1. The van der Waals surface area contributed by atoms with Crippen LogP contribution in [-0.2, 0) is 0 Å². The Kier molecular flexibility index (Phi) is 6.41. The van der Waals surface area contributed by atoms with Gasteiger partial charge in [0.2, 0.25) is 0 Å². The maximum absolute atomic E-state index is 12.1. The van der Waals surface area contributed by atoms with E-state index in [0.717, 1.165) is 5.56 Å². The topological polar surface area (TPSA) is 93.5 Å². The molecule has 0 aliphatic heterocycles. The van der Waals surface area contributed by atoms with Crippen LogP contribution in [0.15, 0.2) is 42.5 Å². The van der Waals surface area contributed by atoms with E-state index in [0.29, 0.717) is 5.75 Å². The Hall–Kier alpha value is -2.80. The Bertz CT molecular complexity index is 811. The summed E-state index contributed by atoms with van der Waals surface area (Å²) in [5.41, 5.74) is 1.02. The maximum Gasteiger partial charge on any atom is 0.322 e. The number of hydrogen-bond donors (Lipinski definition) is 2. The lowest BCUT2D eigenvalue weighted by Crippen LogP contribution is -2.39. The number of amides is 2. The number of urea groups is 1. The Morgan fingerprint density at radius 2 is 1.88 bits per heavy atom. The Balaban J connectivity index is 2.00. The number of benzene rings is 2. The molecule has 0 aliphatic rings. The van der Waals surface area contributed by atoms with Crippen LogP contribution >= 0.6 is 11.6 Å². The standard InChI is InChI=1S/C18H20ClN3O4/c1-11(2)14-6-4-5-7-17(14)26-12(3)20-18(23)21-13-8-9-15(19)16(10-13)22(24)25/h4-12H,1-3H3,(H2,20,21,23). The van der Waals surface area contributed by atoms with Gasteiger partial charge in [0, 0.05) is 11.8 Å². The van der Waals surface area contributed by atoms with Gasteiger partial charge in [0.25, 0.3) is 5.69 Å². The molecule has 0 bridgehead atoms.